The number of nitrogens with zero attached hydrogens (tertiary/aromatic N) is 7. The van der Waals surface area contributed by atoms with Crippen LogP contribution in [0.1, 0.15) is 11.3 Å². The van der Waals surface area contributed by atoms with Gasteiger partial charge in [-0.2, -0.15) is 4.98 Å². The van der Waals surface area contributed by atoms with E-state index in [4.69, 9.17) is 9.97 Å². The summed E-state index contributed by atoms with van der Waals surface area (Å²) >= 11 is 0. The number of aryl methyl sites for hydroxylation is 1. The summed E-state index contributed by atoms with van der Waals surface area (Å²) < 4.78 is 2.03. The average Bonchev–Trinajstić information content (AvgIpc) is 3.33. The van der Waals surface area contributed by atoms with Crippen LogP contribution in [0.5, 0.6) is 0 Å². The maximum absolute atomic E-state index is 5.17. The molecule has 1 saturated heterocycles. The van der Waals surface area contributed by atoms with Gasteiger partial charge in [-0.15, -0.1) is 0 Å². The second-order valence-corrected chi connectivity index (χ2v) is 8.44. The number of imidazole rings is 2. The Morgan fingerprint density at radius 2 is 1.91 bits per heavy atom. The number of aromatic amines is 1. The fraction of sp³-hybridized carbons (Fsp3) is 0.208. The highest BCUT2D eigenvalue weighted by molar-refractivity contribution is 6.03. The van der Waals surface area contributed by atoms with Gasteiger partial charge in [0.2, 0.25) is 5.78 Å². The summed E-state index contributed by atoms with van der Waals surface area (Å²) in [6.45, 7) is 5.65. The molecule has 5 aromatic rings. The van der Waals surface area contributed by atoms with E-state index in [2.05, 4.69) is 42.3 Å². The lowest BCUT2D eigenvalue weighted by Gasteiger charge is -2.30. The molecule has 9 heteroatoms. The first-order valence-electron chi connectivity index (χ1n) is 11.1. The third-order valence-electron chi connectivity index (χ3n) is 6.33. The largest absolute Gasteiger partial charge is 0.353 e. The zero-order valence-electron chi connectivity index (χ0n) is 18.1. The van der Waals surface area contributed by atoms with Crippen molar-refractivity contribution >= 4 is 39.2 Å². The maximum atomic E-state index is 5.17. The number of piperazine rings is 1. The summed E-state index contributed by atoms with van der Waals surface area (Å²) in [6.07, 6.45) is 13.8. The van der Waals surface area contributed by atoms with Crippen molar-refractivity contribution in [3.05, 3.63) is 60.3 Å². The Morgan fingerprint density at radius 1 is 1.03 bits per heavy atom. The number of hydrogen-bond acceptors (Lipinski definition) is 7. The van der Waals surface area contributed by atoms with Crippen LogP contribution in [0.25, 0.3) is 44.8 Å². The van der Waals surface area contributed by atoms with E-state index in [0.29, 0.717) is 11.5 Å². The number of fused-ring (bicyclic) bond motifs is 4. The second kappa shape index (κ2) is 6.94. The third-order valence-corrected chi connectivity index (χ3v) is 6.33. The molecule has 5 aromatic heterocycles. The van der Waals surface area contributed by atoms with Crippen molar-refractivity contribution in [2.24, 2.45) is 0 Å². The number of rotatable bonds is 3. The SMILES string of the molecule is Cc1cn2c(nc3nccc(-c4nc(N5CCNCC5)c5c(C6=CC=C6)cncc5n4)c32)[nH]1. The molecule has 33 heavy (non-hydrogen) atoms. The van der Waals surface area contributed by atoms with Crippen LogP contribution >= 0.6 is 0 Å². The van der Waals surface area contributed by atoms with Crippen LogP contribution in [0, 0.1) is 6.92 Å². The molecule has 0 bridgehead atoms. The predicted molar refractivity (Wildman–Crippen MR) is 128 cm³/mol. The average molecular weight is 435 g/mol. The molecule has 1 fully saturated rings. The van der Waals surface area contributed by atoms with E-state index in [1.54, 1.807) is 6.20 Å². The Kier molecular flexibility index (Phi) is 3.88. The van der Waals surface area contributed by atoms with E-state index in [0.717, 1.165) is 76.6 Å². The summed E-state index contributed by atoms with van der Waals surface area (Å²) in [4.78, 5) is 29.4. The van der Waals surface area contributed by atoms with E-state index < -0.39 is 0 Å². The Morgan fingerprint density at radius 3 is 2.73 bits per heavy atom. The normalized spacial score (nSPS) is 16.0. The van der Waals surface area contributed by atoms with Crippen LogP contribution in [0.2, 0.25) is 0 Å². The summed E-state index contributed by atoms with van der Waals surface area (Å²) in [5.41, 5.74) is 6.57. The Bertz CT molecular complexity index is 1620. The molecule has 6 heterocycles. The number of pyridine rings is 2. The van der Waals surface area contributed by atoms with Gasteiger partial charge in [0.05, 0.1) is 17.1 Å². The zero-order chi connectivity index (χ0) is 21.9. The Labute approximate surface area is 188 Å². The third kappa shape index (κ3) is 2.79. The molecular weight excluding hydrogens is 414 g/mol. The highest BCUT2D eigenvalue weighted by atomic mass is 15.2. The lowest BCUT2D eigenvalue weighted by molar-refractivity contribution is 0.586. The van der Waals surface area contributed by atoms with Crippen LogP contribution < -0.4 is 10.2 Å². The molecule has 0 amide bonds. The highest BCUT2D eigenvalue weighted by Gasteiger charge is 2.23. The van der Waals surface area contributed by atoms with E-state index in [-0.39, 0.29) is 0 Å². The standard InChI is InChI=1S/C24H21N9/c1-14-13-33-20-16(5-6-27-22(20)31-24(33)28-14)21-29-18-12-26-11-17(15-3-2-4-15)19(18)23(30-21)32-9-7-25-8-10-32/h2-6,11-13,25H,7-10H2,1H3,(H,27,28,31). The van der Waals surface area contributed by atoms with Crippen molar-refractivity contribution in [1.82, 2.24) is 39.6 Å². The number of aromatic nitrogens is 7. The van der Waals surface area contributed by atoms with E-state index >= 15 is 0 Å². The van der Waals surface area contributed by atoms with Gasteiger partial charge < -0.3 is 15.2 Å². The van der Waals surface area contributed by atoms with Gasteiger partial charge in [-0.25, -0.2) is 15.0 Å². The van der Waals surface area contributed by atoms with E-state index in [9.17, 15) is 0 Å². The van der Waals surface area contributed by atoms with Crippen molar-refractivity contribution in [2.45, 2.75) is 6.92 Å². The fourth-order valence-corrected chi connectivity index (χ4v) is 4.70. The second-order valence-electron chi connectivity index (χ2n) is 8.44. The van der Waals surface area contributed by atoms with Gasteiger partial charge in [0.25, 0.3) is 0 Å². The summed E-state index contributed by atoms with van der Waals surface area (Å²) in [6, 6.07) is 1.97. The van der Waals surface area contributed by atoms with Gasteiger partial charge in [-0.1, -0.05) is 18.2 Å². The van der Waals surface area contributed by atoms with Crippen LogP contribution in [0.15, 0.2) is 49.1 Å². The van der Waals surface area contributed by atoms with Crippen LogP contribution in [0.4, 0.5) is 5.82 Å². The van der Waals surface area contributed by atoms with E-state index in [1.165, 1.54) is 0 Å². The Balaban J connectivity index is 1.52. The van der Waals surface area contributed by atoms with Gasteiger partial charge in [-0.05, 0) is 18.6 Å². The number of allylic oxidation sites excluding steroid dienone is 4. The van der Waals surface area contributed by atoms with Gasteiger partial charge in [0, 0.05) is 61.6 Å². The molecule has 0 saturated carbocycles. The summed E-state index contributed by atoms with van der Waals surface area (Å²) in [5, 5.41) is 4.49. The minimum Gasteiger partial charge on any atom is -0.353 e. The fourth-order valence-electron chi connectivity index (χ4n) is 4.70. The van der Waals surface area contributed by atoms with Crippen molar-refractivity contribution in [3.8, 4) is 11.4 Å². The van der Waals surface area contributed by atoms with Crippen molar-refractivity contribution in [2.75, 3.05) is 31.1 Å². The van der Waals surface area contributed by atoms with Crippen molar-refractivity contribution < 1.29 is 0 Å². The number of anilines is 1. The molecule has 2 aliphatic rings. The minimum absolute atomic E-state index is 0.654. The molecule has 0 spiro atoms. The number of H-pyrrole nitrogens is 1. The van der Waals surface area contributed by atoms with Crippen molar-refractivity contribution in [1.29, 1.82) is 0 Å². The minimum atomic E-state index is 0.654. The van der Waals surface area contributed by atoms with E-state index in [1.807, 2.05) is 42.1 Å². The smallest absolute Gasteiger partial charge is 0.214 e. The number of hydrogen-bond donors (Lipinski definition) is 2. The summed E-state index contributed by atoms with van der Waals surface area (Å²) in [7, 11) is 0. The molecule has 9 nitrogen and oxygen atoms in total. The van der Waals surface area contributed by atoms with Crippen LogP contribution in [0.3, 0.4) is 0 Å². The predicted octanol–water partition coefficient (Wildman–Crippen LogP) is 2.89. The van der Waals surface area contributed by atoms with Crippen LogP contribution in [-0.2, 0) is 0 Å². The maximum Gasteiger partial charge on any atom is 0.214 e. The highest BCUT2D eigenvalue weighted by Crippen LogP contribution is 2.36. The van der Waals surface area contributed by atoms with Crippen molar-refractivity contribution in [3.63, 3.8) is 0 Å². The lowest BCUT2D eigenvalue weighted by Crippen LogP contribution is -2.44. The molecule has 1 aliphatic carbocycles. The van der Waals surface area contributed by atoms with Crippen LogP contribution in [-0.4, -0.2) is 60.5 Å². The molecule has 0 radical (unpaired) electrons. The monoisotopic (exact) mass is 435 g/mol. The topological polar surface area (TPSA) is 99.9 Å². The molecule has 0 atom stereocenters. The zero-order valence-corrected chi connectivity index (χ0v) is 18.1. The first kappa shape index (κ1) is 18.5. The molecule has 162 valence electrons. The van der Waals surface area contributed by atoms with Gasteiger partial charge in [-0.3, -0.25) is 9.38 Å². The van der Waals surface area contributed by atoms with Gasteiger partial charge in [0.1, 0.15) is 11.3 Å². The lowest BCUT2D eigenvalue weighted by atomic mass is 9.97. The summed E-state index contributed by atoms with van der Waals surface area (Å²) in [5.74, 6) is 2.37. The Hall–Kier alpha value is -4.11. The molecule has 7 rings (SSSR count). The quantitative estimate of drug-likeness (QED) is 0.449. The molecule has 1 aliphatic heterocycles. The first-order valence-corrected chi connectivity index (χ1v) is 11.1. The molecule has 0 aromatic carbocycles. The first-order chi connectivity index (χ1) is 16.3. The molecule has 2 N–H and O–H groups in total. The van der Waals surface area contributed by atoms with Gasteiger partial charge in [0.15, 0.2) is 11.5 Å². The molecule has 0 unspecified atom stereocenters. The number of nitrogens with one attached hydrogen (secondary N) is 2. The van der Waals surface area contributed by atoms with Gasteiger partial charge >= 0.3 is 0 Å². The molecular formula is C24H21N9.